The zero-order valence-corrected chi connectivity index (χ0v) is 24.6. The van der Waals surface area contributed by atoms with Crippen LogP contribution in [0.25, 0.3) is 30.4 Å². The second kappa shape index (κ2) is 12.3. The van der Waals surface area contributed by atoms with Crippen molar-refractivity contribution >= 4 is 59.8 Å². The number of hydrogen-bond acceptors (Lipinski definition) is 4. The van der Waals surface area contributed by atoms with Gasteiger partial charge in [0.05, 0.1) is 5.71 Å². The fourth-order valence-electron chi connectivity index (χ4n) is 5.32. The van der Waals surface area contributed by atoms with Gasteiger partial charge in [-0.25, -0.2) is 4.99 Å². The number of hydrogen-bond donors (Lipinski definition) is 5. The van der Waals surface area contributed by atoms with Gasteiger partial charge in [0, 0.05) is 62.9 Å². The maximum atomic E-state index is 12.5. The normalized spacial score (nSPS) is 16.9. The van der Waals surface area contributed by atoms with E-state index in [0.29, 0.717) is 39.1 Å². The van der Waals surface area contributed by atoms with E-state index in [9.17, 15) is 19.2 Å². The number of amides is 2. The molecule has 0 radical (unpaired) electrons. The van der Waals surface area contributed by atoms with Gasteiger partial charge in [-0.2, -0.15) is 0 Å². The summed E-state index contributed by atoms with van der Waals surface area (Å²) >= 11 is 0. The third-order valence-electron chi connectivity index (χ3n) is 7.86. The number of carbonyl (C=O) groups is 4. The molecule has 2 aliphatic heterocycles. The molecule has 2 aliphatic rings. The minimum absolute atomic E-state index is 0.0871. The molecule has 0 spiro atoms. The summed E-state index contributed by atoms with van der Waals surface area (Å²) in [4.78, 5) is 57.9. The van der Waals surface area contributed by atoms with Gasteiger partial charge < -0.3 is 25.5 Å². The summed E-state index contributed by atoms with van der Waals surface area (Å²) in [5.41, 5.74) is 8.28. The van der Waals surface area contributed by atoms with Crippen LogP contribution >= 0.6 is 0 Å². The average molecular weight is 583 g/mol. The molecular weight excluding hydrogens is 548 g/mol. The van der Waals surface area contributed by atoms with Gasteiger partial charge in [-0.15, -0.1) is 0 Å². The zero-order chi connectivity index (χ0) is 31.6. The highest BCUT2D eigenvalue weighted by atomic mass is 16.4. The summed E-state index contributed by atoms with van der Waals surface area (Å²) in [7, 11) is 0. The Kier molecular flexibility index (Phi) is 8.80. The Morgan fingerprint density at radius 3 is 2.00 bits per heavy atom. The molecule has 0 saturated heterocycles. The highest BCUT2D eigenvalue weighted by molar-refractivity contribution is 6.30. The molecule has 2 aromatic rings. The third kappa shape index (κ3) is 6.18. The number of nitrogens with one attached hydrogen (secondary N) is 3. The Balaban J connectivity index is 1.77. The van der Waals surface area contributed by atoms with Crippen molar-refractivity contribution < 1.29 is 29.4 Å². The molecule has 0 bridgehead atoms. The van der Waals surface area contributed by atoms with Crippen LogP contribution in [0.3, 0.4) is 0 Å². The van der Waals surface area contributed by atoms with Crippen molar-refractivity contribution in [2.75, 3.05) is 0 Å². The summed E-state index contributed by atoms with van der Waals surface area (Å²) < 4.78 is 0. The topological polar surface area (TPSA) is 165 Å². The Hall–Kier alpha value is -5.25. The molecule has 5 N–H and O–H groups in total. The predicted octanol–water partition coefficient (Wildman–Crippen LogP) is 3.67. The van der Waals surface area contributed by atoms with E-state index in [4.69, 9.17) is 10.2 Å². The SMILES string of the molecule is C=Cc1c(C=c2[nH]c(=CC3=NC(=O)C(CCC(=O)O)=C3C)c(C=C)c2C)[nH]c(C=C2NC(=O)C(C)=C2CCC(=O)O)c1C. The maximum Gasteiger partial charge on any atom is 0.303 e. The highest BCUT2D eigenvalue weighted by Crippen LogP contribution is 2.29. The summed E-state index contributed by atoms with van der Waals surface area (Å²) in [6.45, 7) is 15.3. The fraction of sp³-hybridized carbons (Fsp3) is 0.242. The number of nitrogens with zero attached hydrogens (tertiary/aromatic N) is 1. The van der Waals surface area contributed by atoms with E-state index < -0.39 is 17.8 Å². The Labute approximate surface area is 248 Å². The van der Waals surface area contributed by atoms with E-state index >= 15 is 0 Å². The second-order valence-corrected chi connectivity index (χ2v) is 10.5. The number of rotatable bonds is 11. The number of aromatic nitrogens is 2. The van der Waals surface area contributed by atoms with Crippen LogP contribution in [0.15, 0.2) is 46.1 Å². The summed E-state index contributed by atoms with van der Waals surface area (Å²) in [5, 5.41) is 22.5. The van der Waals surface area contributed by atoms with Crippen molar-refractivity contribution in [2.45, 2.75) is 53.4 Å². The van der Waals surface area contributed by atoms with Gasteiger partial charge >= 0.3 is 11.9 Å². The predicted molar refractivity (Wildman–Crippen MR) is 166 cm³/mol. The van der Waals surface area contributed by atoms with Crippen molar-refractivity contribution in [2.24, 2.45) is 4.99 Å². The minimum atomic E-state index is -0.976. The standard InChI is InChI=1S/C33H34N4O6/c1-7-20-17(4)25(14-29-22(9-11-30(38)39)19(6)32(42)37-29)35-27(20)13-24-16(3)21(8-2)28(34-24)15-26-18(5)23(33(43)36-26)10-12-31(40)41/h7-8,13-15,34-35H,1-2,9-12H2,3-6H3,(H,37,42)(H,38,39)(H,40,41). The molecule has 0 aromatic carbocycles. The van der Waals surface area contributed by atoms with Gasteiger partial charge in [-0.1, -0.05) is 25.3 Å². The number of carbonyl (C=O) groups excluding carboxylic acids is 2. The van der Waals surface area contributed by atoms with Crippen molar-refractivity contribution in [3.63, 3.8) is 0 Å². The largest absolute Gasteiger partial charge is 0.481 e. The van der Waals surface area contributed by atoms with Crippen molar-refractivity contribution in [3.05, 3.63) is 85.5 Å². The first-order chi connectivity index (χ1) is 20.4. The van der Waals surface area contributed by atoms with Gasteiger partial charge in [0.1, 0.15) is 0 Å². The van der Waals surface area contributed by atoms with Gasteiger partial charge in [-0.3, -0.25) is 19.2 Å². The van der Waals surface area contributed by atoms with Gasteiger partial charge in [-0.05, 0) is 81.0 Å². The maximum absolute atomic E-state index is 12.5. The van der Waals surface area contributed by atoms with E-state index in [1.807, 2.05) is 26.0 Å². The molecule has 10 nitrogen and oxygen atoms in total. The zero-order valence-electron chi connectivity index (χ0n) is 24.6. The van der Waals surface area contributed by atoms with Crippen LogP contribution in [0.2, 0.25) is 0 Å². The average Bonchev–Trinajstić information content (AvgIpc) is 3.59. The molecule has 0 aliphatic carbocycles. The summed E-state index contributed by atoms with van der Waals surface area (Å²) in [5.74, 6) is -2.58. The van der Waals surface area contributed by atoms with E-state index in [0.717, 1.165) is 39.0 Å². The van der Waals surface area contributed by atoms with Crippen molar-refractivity contribution in [1.82, 2.24) is 15.3 Å². The molecule has 222 valence electrons. The summed E-state index contributed by atoms with van der Waals surface area (Å²) in [6, 6.07) is 0. The Morgan fingerprint density at radius 2 is 1.40 bits per heavy atom. The highest BCUT2D eigenvalue weighted by Gasteiger charge is 2.25. The number of carboxylic acid groups (broad SMARTS) is 2. The molecule has 2 aromatic heterocycles. The van der Waals surface area contributed by atoms with Gasteiger partial charge in [0.15, 0.2) is 0 Å². The summed E-state index contributed by atoms with van der Waals surface area (Å²) in [6.07, 6.45) is 9.09. The number of aliphatic carboxylic acids is 2. The number of H-pyrrole nitrogens is 2. The molecule has 43 heavy (non-hydrogen) atoms. The lowest BCUT2D eigenvalue weighted by Gasteiger charge is -2.05. The first kappa shape index (κ1) is 30.7. The van der Waals surface area contributed by atoms with Crippen LogP contribution in [0, 0.1) is 13.8 Å². The number of allylic oxidation sites excluding steroid dienone is 2. The molecule has 0 atom stereocenters. The number of aromatic amines is 2. The van der Waals surface area contributed by atoms with Crippen LogP contribution in [0.1, 0.15) is 73.2 Å². The van der Waals surface area contributed by atoms with Crippen molar-refractivity contribution in [3.8, 4) is 0 Å². The van der Waals surface area contributed by atoms with Crippen LogP contribution < -0.4 is 16.0 Å². The second-order valence-electron chi connectivity index (χ2n) is 10.5. The van der Waals surface area contributed by atoms with Crippen LogP contribution in [0.5, 0.6) is 0 Å². The lowest BCUT2D eigenvalue weighted by molar-refractivity contribution is -0.138. The molecule has 0 saturated carbocycles. The van der Waals surface area contributed by atoms with Crippen molar-refractivity contribution in [1.29, 1.82) is 0 Å². The first-order valence-corrected chi connectivity index (χ1v) is 13.8. The van der Waals surface area contributed by atoms with E-state index in [-0.39, 0.29) is 31.6 Å². The molecule has 0 fully saturated rings. The third-order valence-corrected chi connectivity index (χ3v) is 7.86. The first-order valence-electron chi connectivity index (χ1n) is 13.8. The van der Waals surface area contributed by atoms with Crippen LogP contribution in [-0.4, -0.2) is 49.6 Å². The fourth-order valence-corrected chi connectivity index (χ4v) is 5.32. The van der Waals surface area contributed by atoms with Crippen LogP contribution in [-0.2, 0) is 19.2 Å². The monoisotopic (exact) mass is 582 g/mol. The molecule has 2 amide bonds. The molecule has 0 unspecified atom stereocenters. The lowest BCUT2D eigenvalue weighted by atomic mass is 10.0. The Morgan fingerprint density at radius 1 is 0.767 bits per heavy atom. The number of carboxylic acids is 2. The number of aliphatic imine (C=N–C) groups is 1. The van der Waals surface area contributed by atoms with Gasteiger partial charge in [0.2, 0.25) is 0 Å². The van der Waals surface area contributed by atoms with E-state index in [1.54, 1.807) is 32.1 Å². The van der Waals surface area contributed by atoms with E-state index in [2.05, 4.69) is 33.4 Å². The quantitative estimate of drug-likeness (QED) is 0.271. The van der Waals surface area contributed by atoms with Gasteiger partial charge in [0.25, 0.3) is 11.8 Å². The Bertz CT molecular complexity index is 1860. The smallest absolute Gasteiger partial charge is 0.303 e. The van der Waals surface area contributed by atoms with E-state index in [1.165, 1.54) is 0 Å². The molecule has 10 heteroatoms. The molecule has 4 heterocycles. The lowest BCUT2D eigenvalue weighted by Crippen LogP contribution is -2.15. The molecule has 4 rings (SSSR count). The molecular formula is C33H34N4O6. The minimum Gasteiger partial charge on any atom is -0.481 e. The van der Waals surface area contributed by atoms with Crippen LogP contribution in [0.4, 0.5) is 0 Å².